The van der Waals surface area contributed by atoms with Crippen LogP contribution < -0.4 is 15.8 Å². The Hall–Kier alpha value is -1.46. The molecule has 0 bridgehead atoms. The van der Waals surface area contributed by atoms with Crippen LogP contribution >= 0.6 is 0 Å². The molecule has 0 aliphatic heterocycles. The van der Waals surface area contributed by atoms with Gasteiger partial charge in [0.25, 0.3) is 0 Å². The van der Waals surface area contributed by atoms with Gasteiger partial charge in [0.2, 0.25) is 0 Å². The maximum Gasteiger partial charge on any atom is 0.123 e. The summed E-state index contributed by atoms with van der Waals surface area (Å²) in [5, 5.41) is 3.29. The third kappa shape index (κ3) is 7.21. The highest BCUT2D eigenvalue weighted by Crippen LogP contribution is 2.22. The Morgan fingerprint density at radius 3 is 2.65 bits per heavy atom. The van der Waals surface area contributed by atoms with Crippen molar-refractivity contribution in [2.45, 2.75) is 13.3 Å². The van der Waals surface area contributed by atoms with Gasteiger partial charge >= 0.3 is 0 Å². The molecule has 0 unspecified atom stereocenters. The van der Waals surface area contributed by atoms with Crippen LogP contribution in [0.4, 0.5) is 11.4 Å². The highest BCUT2D eigenvalue weighted by atomic mass is 16.5. The predicted octanol–water partition coefficient (Wildman–Crippen LogP) is 2.05. The van der Waals surface area contributed by atoms with E-state index in [1.165, 1.54) is 0 Å². The van der Waals surface area contributed by atoms with Crippen LogP contribution in [-0.2, 0) is 4.74 Å². The number of nitrogens with zero attached hydrogens (tertiary/aromatic N) is 1. The summed E-state index contributed by atoms with van der Waals surface area (Å²) in [6, 6.07) is 5.71. The van der Waals surface area contributed by atoms with Gasteiger partial charge in [-0.2, -0.15) is 0 Å². The van der Waals surface area contributed by atoms with Crippen molar-refractivity contribution in [1.29, 1.82) is 0 Å². The maximum atomic E-state index is 5.86. The highest BCUT2D eigenvalue weighted by Gasteiger charge is 2.00. The Morgan fingerprint density at radius 1 is 1.15 bits per heavy atom. The van der Waals surface area contributed by atoms with E-state index in [1.807, 2.05) is 32.3 Å². The van der Waals surface area contributed by atoms with Gasteiger partial charge in [0, 0.05) is 36.6 Å². The summed E-state index contributed by atoms with van der Waals surface area (Å²) in [6.07, 6.45) is 0.983. The molecule has 20 heavy (non-hydrogen) atoms. The summed E-state index contributed by atoms with van der Waals surface area (Å²) in [5.74, 6) is 0.808. The number of hydrogen-bond donors (Lipinski definition) is 2. The van der Waals surface area contributed by atoms with Crippen LogP contribution in [0.5, 0.6) is 5.75 Å². The molecule has 1 aromatic rings. The van der Waals surface area contributed by atoms with Crippen molar-refractivity contribution in [3.63, 3.8) is 0 Å². The van der Waals surface area contributed by atoms with Gasteiger partial charge in [-0.25, -0.2) is 0 Å². The quantitative estimate of drug-likeness (QED) is 0.508. The smallest absolute Gasteiger partial charge is 0.123 e. The molecule has 114 valence electrons. The number of benzene rings is 1. The van der Waals surface area contributed by atoms with Crippen LogP contribution in [0, 0.1) is 0 Å². The summed E-state index contributed by atoms with van der Waals surface area (Å²) >= 11 is 0. The highest BCUT2D eigenvalue weighted by molar-refractivity contribution is 5.59. The van der Waals surface area contributed by atoms with Crippen molar-refractivity contribution >= 4 is 11.4 Å². The molecular weight excluding hydrogens is 254 g/mol. The maximum absolute atomic E-state index is 5.86. The first kappa shape index (κ1) is 16.6. The average molecular weight is 281 g/mol. The molecule has 0 radical (unpaired) electrons. The zero-order chi connectivity index (χ0) is 14.8. The molecule has 0 aliphatic rings. The van der Waals surface area contributed by atoms with Crippen LogP contribution in [0.25, 0.3) is 0 Å². The molecule has 1 rings (SSSR count). The van der Waals surface area contributed by atoms with Crippen molar-refractivity contribution in [3.05, 3.63) is 18.2 Å². The average Bonchev–Trinajstić information content (AvgIpc) is 2.39. The van der Waals surface area contributed by atoms with E-state index in [-0.39, 0.29) is 0 Å². The normalized spacial score (nSPS) is 10.8. The number of ether oxygens (including phenoxy) is 2. The Labute approximate surface area is 122 Å². The van der Waals surface area contributed by atoms with E-state index in [2.05, 4.69) is 17.1 Å². The van der Waals surface area contributed by atoms with Crippen molar-refractivity contribution < 1.29 is 9.47 Å². The summed E-state index contributed by atoms with van der Waals surface area (Å²) < 4.78 is 11.1. The number of nitrogen functional groups attached to an aromatic ring is 1. The number of rotatable bonds is 10. The molecule has 0 atom stereocenters. The van der Waals surface area contributed by atoms with Gasteiger partial charge in [0.15, 0.2) is 0 Å². The first-order chi connectivity index (χ1) is 9.61. The molecule has 5 heteroatoms. The summed E-state index contributed by atoms with van der Waals surface area (Å²) in [5.41, 5.74) is 7.53. The van der Waals surface area contributed by atoms with E-state index < -0.39 is 0 Å². The number of nitrogens with one attached hydrogen (secondary N) is 1. The fraction of sp³-hybridized carbons (Fsp3) is 0.600. The van der Waals surface area contributed by atoms with Crippen LogP contribution in [0.3, 0.4) is 0 Å². The van der Waals surface area contributed by atoms with Gasteiger partial charge < -0.3 is 25.4 Å². The fourth-order valence-electron chi connectivity index (χ4n) is 1.64. The van der Waals surface area contributed by atoms with Gasteiger partial charge in [-0.15, -0.1) is 0 Å². The lowest BCUT2D eigenvalue weighted by Gasteiger charge is -2.12. The summed E-state index contributed by atoms with van der Waals surface area (Å²) in [4.78, 5) is 2.10. The molecule has 0 spiro atoms. The SMILES string of the molecule is CCCOc1cc(N)cc(NCCOCCN(C)C)c1. The van der Waals surface area contributed by atoms with Gasteiger partial charge in [-0.3, -0.25) is 0 Å². The molecule has 0 saturated carbocycles. The van der Waals surface area contributed by atoms with Gasteiger partial charge in [0.1, 0.15) is 5.75 Å². The predicted molar refractivity (Wildman–Crippen MR) is 84.5 cm³/mol. The van der Waals surface area contributed by atoms with Crippen LogP contribution in [0.2, 0.25) is 0 Å². The lowest BCUT2D eigenvalue weighted by atomic mass is 10.2. The lowest BCUT2D eigenvalue weighted by molar-refractivity contribution is 0.126. The zero-order valence-corrected chi connectivity index (χ0v) is 12.8. The Morgan fingerprint density at radius 2 is 1.95 bits per heavy atom. The molecule has 0 aliphatic carbocycles. The first-order valence-electron chi connectivity index (χ1n) is 7.11. The van der Waals surface area contributed by atoms with Crippen molar-refractivity contribution in [2.75, 3.05) is 58.1 Å². The van der Waals surface area contributed by atoms with Crippen LogP contribution in [-0.4, -0.2) is 51.9 Å². The molecule has 0 heterocycles. The van der Waals surface area contributed by atoms with Gasteiger partial charge in [0.05, 0.1) is 19.8 Å². The Balaban J connectivity index is 2.30. The van der Waals surface area contributed by atoms with Crippen molar-refractivity contribution in [1.82, 2.24) is 4.90 Å². The largest absolute Gasteiger partial charge is 0.493 e. The minimum Gasteiger partial charge on any atom is -0.493 e. The van der Waals surface area contributed by atoms with E-state index in [0.29, 0.717) is 18.9 Å². The Bertz CT molecular complexity index is 383. The standard InChI is InChI=1S/C15H27N3O2/c1-4-7-20-15-11-13(16)10-14(12-15)17-5-8-19-9-6-18(2)3/h10-12,17H,4-9,16H2,1-3H3. The molecule has 0 saturated heterocycles. The van der Waals surface area contributed by atoms with E-state index in [0.717, 1.165) is 37.6 Å². The van der Waals surface area contributed by atoms with Crippen LogP contribution in [0.1, 0.15) is 13.3 Å². The van der Waals surface area contributed by atoms with Gasteiger partial charge in [-0.1, -0.05) is 6.92 Å². The van der Waals surface area contributed by atoms with Crippen molar-refractivity contribution in [2.24, 2.45) is 0 Å². The molecule has 0 amide bonds. The molecule has 5 nitrogen and oxygen atoms in total. The third-order valence-electron chi connectivity index (χ3n) is 2.66. The second kappa shape index (κ2) is 9.44. The van der Waals surface area contributed by atoms with E-state index >= 15 is 0 Å². The second-order valence-electron chi connectivity index (χ2n) is 4.98. The number of anilines is 2. The van der Waals surface area contributed by atoms with Crippen LogP contribution in [0.15, 0.2) is 18.2 Å². The number of hydrogen-bond acceptors (Lipinski definition) is 5. The monoisotopic (exact) mass is 281 g/mol. The fourth-order valence-corrected chi connectivity index (χ4v) is 1.64. The van der Waals surface area contributed by atoms with E-state index in [4.69, 9.17) is 15.2 Å². The molecule has 1 aromatic carbocycles. The minimum absolute atomic E-state index is 0.674. The lowest BCUT2D eigenvalue weighted by Crippen LogP contribution is -2.20. The van der Waals surface area contributed by atoms with Crippen molar-refractivity contribution in [3.8, 4) is 5.75 Å². The van der Waals surface area contributed by atoms with E-state index in [9.17, 15) is 0 Å². The molecular formula is C15H27N3O2. The topological polar surface area (TPSA) is 59.8 Å². The first-order valence-corrected chi connectivity index (χ1v) is 7.11. The second-order valence-corrected chi connectivity index (χ2v) is 4.98. The zero-order valence-electron chi connectivity index (χ0n) is 12.8. The van der Waals surface area contributed by atoms with E-state index in [1.54, 1.807) is 0 Å². The molecule has 0 aromatic heterocycles. The number of nitrogens with two attached hydrogens (primary N) is 1. The summed E-state index contributed by atoms with van der Waals surface area (Å²) in [6.45, 7) is 5.90. The summed E-state index contributed by atoms with van der Waals surface area (Å²) in [7, 11) is 4.07. The molecule has 0 fully saturated rings. The Kier molecular flexibility index (Phi) is 7.84. The van der Waals surface area contributed by atoms with Gasteiger partial charge in [-0.05, 0) is 26.6 Å². The third-order valence-corrected chi connectivity index (χ3v) is 2.66. The molecule has 3 N–H and O–H groups in total. The number of likely N-dealkylation sites (N-methyl/N-ethyl adjacent to an activating group) is 1. The minimum atomic E-state index is 0.674.